The van der Waals surface area contributed by atoms with Crippen LogP contribution < -0.4 is 4.74 Å². The van der Waals surface area contributed by atoms with E-state index in [4.69, 9.17) is 4.74 Å². The number of esters is 1. The normalized spacial score (nSPS) is 14.0. The maximum absolute atomic E-state index is 12.2. The minimum atomic E-state index is -0.443. The molecule has 0 bridgehead atoms. The fraction of sp³-hybridized carbons (Fsp3) is 0.333. The van der Waals surface area contributed by atoms with Gasteiger partial charge in [0.25, 0.3) is 0 Å². The van der Waals surface area contributed by atoms with Crippen molar-refractivity contribution in [1.29, 1.82) is 0 Å². The van der Waals surface area contributed by atoms with Crippen molar-refractivity contribution in [1.82, 2.24) is 19.7 Å². The number of hydrogen-bond donors (Lipinski definition) is 0. The lowest BCUT2D eigenvalue weighted by Gasteiger charge is -2.08. The van der Waals surface area contributed by atoms with Gasteiger partial charge in [-0.25, -0.2) is 9.78 Å². The average Bonchev–Trinajstić information content (AvgIpc) is 3.15. The molecular weight excluding hydrogens is 336 g/mol. The number of hydrogen-bond acceptors (Lipinski definition) is 6. The van der Waals surface area contributed by atoms with Gasteiger partial charge in [-0.15, -0.1) is 21.5 Å². The second-order valence-corrected chi connectivity index (χ2v) is 7.13. The Morgan fingerprint density at radius 3 is 3.00 bits per heavy atom. The second kappa shape index (κ2) is 6.76. The first kappa shape index (κ1) is 16.0. The summed E-state index contributed by atoms with van der Waals surface area (Å²) >= 11 is 1.43. The molecule has 0 spiro atoms. The summed E-state index contributed by atoms with van der Waals surface area (Å²) in [6.45, 7) is 2.79. The molecule has 1 aliphatic heterocycles. The number of nitrogens with zero attached hydrogens (tertiary/aromatic N) is 4. The zero-order chi connectivity index (χ0) is 17.2. The van der Waals surface area contributed by atoms with E-state index in [1.54, 1.807) is 11.4 Å². The Morgan fingerprint density at radius 1 is 1.24 bits per heavy atom. The van der Waals surface area contributed by atoms with Gasteiger partial charge in [0.05, 0.1) is 5.01 Å². The lowest BCUT2D eigenvalue weighted by molar-refractivity contribution is 0.0729. The first-order valence-electron chi connectivity index (χ1n) is 8.37. The molecule has 0 radical (unpaired) electrons. The molecule has 3 heterocycles. The maximum atomic E-state index is 12.2. The largest absolute Gasteiger partial charge is 0.422 e. The van der Waals surface area contributed by atoms with Crippen LogP contribution >= 0.6 is 11.3 Å². The van der Waals surface area contributed by atoms with E-state index >= 15 is 0 Å². The number of aromatic nitrogens is 4. The molecule has 6 nitrogen and oxygen atoms in total. The molecule has 1 aromatic carbocycles. The zero-order valence-electron chi connectivity index (χ0n) is 13.9. The molecule has 7 heteroatoms. The molecule has 0 saturated heterocycles. The van der Waals surface area contributed by atoms with Crippen molar-refractivity contribution in [3.63, 3.8) is 0 Å². The smallest absolute Gasteiger partial charge is 0.363 e. The lowest BCUT2D eigenvalue weighted by atomic mass is 10.2. The third-order valence-corrected chi connectivity index (χ3v) is 5.01. The Kier molecular flexibility index (Phi) is 4.31. The number of carbonyl (C=O) groups is 1. The topological polar surface area (TPSA) is 69.9 Å². The minimum absolute atomic E-state index is 0.337. The Morgan fingerprint density at radius 2 is 2.16 bits per heavy atom. The van der Waals surface area contributed by atoms with Crippen molar-refractivity contribution in [2.24, 2.45) is 0 Å². The summed E-state index contributed by atoms with van der Waals surface area (Å²) in [5, 5.41) is 11.2. The number of rotatable bonds is 3. The van der Waals surface area contributed by atoms with Crippen LogP contribution in [0.1, 0.15) is 40.6 Å². The highest BCUT2D eigenvalue weighted by Crippen LogP contribution is 2.26. The number of aryl methyl sites for hydroxylation is 2. The summed E-state index contributed by atoms with van der Waals surface area (Å²) in [6.07, 6.45) is 4.47. The van der Waals surface area contributed by atoms with Gasteiger partial charge < -0.3 is 9.30 Å². The van der Waals surface area contributed by atoms with Gasteiger partial charge in [0.2, 0.25) is 0 Å². The van der Waals surface area contributed by atoms with Crippen LogP contribution in [0.2, 0.25) is 0 Å². The van der Waals surface area contributed by atoms with E-state index in [1.807, 2.05) is 25.1 Å². The van der Waals surface area contributed by atoms with Gasteiger partial charge in [-0.1, -0.05) is 18.6 Å². The van der Waals surface area contributed by atoms with E-state index in [0.717, 1.165) is 48.0 Å². The molecule has 128 valence electrons. The van der Waals surface area contributed by atoms with Crippen molar-refractivity contribution in [3.8, 4) is 17.1 Å². The van der Waals surface area contributed by atoms with Gasteiger partial charge in [0.15, 0.2) is 11.5 Å². The van der Waals surface area contributed by atoms with Gasteiger partial charge in [0, 0.05) is 23.9 Å². The lowest BCUT2D eigenvalue weighted by Crippen LogP contribution is -2.09. The number of fused-ring (bicyclic) bond motifs is 1. The number of carbonyl (C=O) groups excluding carboxylic acids is 1. The van der Waals surface area contributed by atoms with Crippen LogP contribution in [0.3, 0.4) is 0 Å². The fourth-order valence-electron chi connectivity index (χ4n) is 3.01. The minimum Gasteiger partial charge on any atom is -0.422 e. The second-order valence-electron chi connectivity index (χ2n) is 6.07. The molecule has 0 atom stereocenters. The van der Waals surface area contributed by atoms with Crippen molar-refractivity contribution in [2.75, 3.05) is 0 Å². The van der Waals surface area contributed by atoms with Crippen molar-refractivity contribution in [2.45, 2.75) is 39.2 Å². The SMILES string of the molecule is Cc1nc(C(=O)Oc2cccc(-c3nnc4n3CCCCC4)c2)cs1. The highest BCUT2D eigenvalue weighted by Gasteiger charge is 2.17. The predicted molar refractivity (Wildman–Crippen MR) is 94.8 cm³/mol. The van der Waals surface area contributed by atoms with E-state index in [0.29, 0.717) is 11.4 Å². The molecule has 0 N–H and O–H groups in total. The summed E-state index contributed by atoms with van der Waals surface area (Å²) in [5.41, 5.74) is 1.24. The van der Waals surface area contributed by atoms with Crippen LogP contribution in [0.4, 0.5) is 0 Å². The quantitative estimate of drug-likeness (QED) is 0.530. The van der Waals surface area contributed by atoms with Gasteiger partial charge in [0.1, 0.15) is 11.6 Å². The zero-order valence-corrected chi connectivity index (χ0v) is 14.8. The van der Waals surface area contributed by atoms with E-state index in [-0.39, 0.29) is 0 Å². The summed E-state index contributed by atoms with van der Waals surface area (Å²) in [6, 6.07) is 7.43. The van der Waals surface area contributed by atoms with Crippen molar-refractivity contribution >= 4 is 17.3 Å². The monoisotopic (exact) mass is 354 g/mol. The third kappa shape index (κ3) is 3.32. The number of ether oxygens (including phenoxy) is 1. The number of thiazole rings is 1. The van der Waals surface area contributed by atoms with E-state index in [1.165, 1.54) is 17.8 Å². The predicted octanol–water partition coefficient (Wildman–Crippen LogP) is 3.66. The van der Waals surface area contributed by atoms with Gasteiger partial charge in [-0.05, 0) is 31.9 Å². The molecule has 2 aromatic heterocycles. The maximum Gasteiger partial charge on any atom is 0.363 e. The average molecular weight is 354 g/mol. The molecule has 0 amide bonds. The first-order chi connectivity index (χ1) is 12.2. The summed E-state index contributed by atoms with van der Waals surface area (Å²) < 4.78 is 7.65. The first-order valence-corrected chi connectivity index (χ1v) is 9.25. The molecule has 0 saturated carbocycles. The molecule has 4 rings (SSSR count). The fourth-order valence-corrected chi connectivity index (χ4v) is 3.60. The summed E-state index contributed by atoms with van der Waals surface area (Å²) in [4.78, 5) is 16.4. The molecule has 0 aliphatic carbocycles. The van der Waals surface area contributed by atoms with Crippen LogP contribution in [0.15, 0.2) is 29.6 Å². The van der Waals surface area contributed by atoms with Crippen LogP contribution in [-0.2, 0) is 13.0 Å². The highest BCUT2D eigenvalue weighted by atomic mass is 32.1. The molecular formula is C18H18N4O2S. The molecule has 0 fully saturated rings. The van der Waals surface area contributed by atoms with Crippen LogP contribution in [0, 0.1) is 6.92 Å². The van der Waals surface area contributed by atoms with E-state index in [9.17, 15) is 4.79 Å². The summed E-state index contributed by atoms with van der Waals surface area (Å²) in [5.74, 6) is 1.91. The Hall–Kier alpha value is -2.54. The summed E-state index contributed by atoms with van der Waals surface area (Å²) in [7, 11) is 0. The van der Waals surface area contributed by atoms with Crippen molar-refractivity contribution < 1.29 is 9.53 Å². The molecule has 3 aromatic rings. The molecule has 0 unspecified atom stereocenters. The van der Waals surface area contributed by atoms with E-state index < -0.39 is 5.97 Å². The Labute approximate surface area is 149 Å². The standard InChI is InChI=1S/C18H18N4O2S/c1-12-19-15(11-25-12)18(23)24-14-7-5-6-13(10-14)17-21-20-16-8-3-2-4-9-22(16)17/h5-7,10-11H,2-4,8-9H2,1H3. The van der Waals surface area contributed by atoms with E-state index in [2.05, 4.69) is 19.7 Å². The Balaban J connectivity index is 1.60. The number of benzene rings is 1. The third-order valence-electron chi connectivity index (χ3n) is 4.24. The highest BCUT2D eigenvalue weighted by molar-refractivity contribution is 7.09. The molecule has 1 aliphatic rings. The van der Waals surface area contributed by atoms with Crippen LogP contribution in [0.5, 0.6) is 5.75 Å². The van der Waals surface area contributed by atoms with Crippen molar-refractivity contribution in [3.05, 3.63) is 46.2 Å². The Bertz CT molecular complexity index is 915. The van der Waals surface area contributed by atoms with Crippen LogP contribution in [-0.4, -0.2) is 25.7 Å². The molecule has 25 heavy (non-hydrogen) atoms. The van der Waals surface area contributed by atoms with Gasteiger partial charge in [-0.2, -0.15) is 0 Å². The van der Waals surface area contributed by atoms with Crippen LogP contribution in [0.25, 0.3) is 11.4 Å². The van der Waals surface area contributed by atoms with Gasteiger partial charge in [-0.3, -0.25) is 0 Å². The van der Waals surface area contributed by atoms with Gasteiger partial charge >= 0.3 is 5.97 Å².